The molecule has 5 nitrogen and oxygen atoms in total. The van der Waals surface area contributed by atoms with Crippen molar-refractivity contribution in [2.75, 3.05) is 6.61 Å². The Morgan fingerprint density at radius 3 is 2.76 bits per heavy atom. The summed E-state index contributed by atoms with van der Waals surface area (Å²) in [6.07, 6.45) is -0.401. The molecule has 25 heavy (non-hydrogen) atoms. The first-order valence-electron chi connectivity index (χ1n) is 7.67. The minimum atomic E-state index is -3.39. The van der Waals surface area contributed by atoms with Crippen molar-refractivity contribution in [3.63, 3.8) is 0 Å². The molecule has 0 saturated carbocycles. The molecule has 2 aliphatic rings. The standard InChI is InChI=1S/C17H14ClF2N3O2/c18-10-5-6-12(22-9-10)14-17(19,20)16(23-15(21)25-14)7-8-24-13-4-2-1-3-11(13)16/h1-6,9,14H,7-8H2,(H2,21,23)/t14?,16-/m1/s1. The predicted octanol–water partition coefficient (Wildman–Crippen LogP) is 3.43. The lowest BCUT2D eigenvalue weighted by Crippen LogP contribution is -2.56. The maximum atomic E-state index is 15.6. The van der Waals surface area contributed by atoms with Crippen LogP contribution in [0.1, 0.15) is 23.8 Å². The third-order valence-corrected chi connectivity index (χ3v) is 4.72. The van der Waals surface area contributed by atoms with E-state index < -0.39 is 17.6 Å². The van der Waals surface area contributed by atoms with Crippen molar-refractivity contribution in [2.24, 2.45) is 10.7 Å². The summed E-state index contributed by atoms with van der Waals surface area (Å²) in [5.41, 5.74) is 4.24. The van der Waals surface area contributed by atoms with Crippen LogP contribution < -0.4 is 10.5 Å². The van der Waals surface area contributed by atoms with Crippen molar-refractivity contribution < 1.29 is 18.3 Å². The van der Waals surface area contributed by atoms with Gasteiger partial charge in [-0.2, -0.15) is 8.78 Å². The van der Waals surface area contributed by atoms with Crippen LogP contribution in [0.15, 0.2) is 47.6 Å². The number of rotatable bonds is 1. The van der Waals surface area contributed by atoms with E-state index in [1.54, 1.807) is 24.3 Å². The van der Waals surface area contributed by atoms with Crippen LogP contribution in [-0.2, 0) is 10.3 Å². The number of para-hydroxylation sites is 1. The number of nitrogens with zero attached hydrogens (tertiary/aromatic N) is 2. The lowest BCUT2D eigenvalue weighted by atomic mass is 9.76. The van der Waals surface area contributed by atoms with Crippen LogP contribution in [-0.4, -0.2) is 23.5 Å². The highest BCUT2D eigenvalue weighted by molar-refractivity contribution is 6.30. The number of fused-ring (bicyclic) bond motifs is 2. The van der Waals surface area contributed by atoms with Gasteiger partial charge in [-0.25, -0.2) is 4.99 Å². The molecular weight excluding hydrogens is 352 g/mol. The molecule has 1 spiro atoms. The first kappa shape index (κ1) is 16.1. The van der Waals surface area contributed by atoms with E-state index in [-0.39, 0.29) is 30.3 Å². The summed E-state index contributed by atoms with van der Waals surface area (Å²) in [6.45, 7) is 0.101. The van der Waals surface area contributed by atoms with E-state index in [0.717, 1.165) is 0 Å². The van der Waals surface area contributed by atoms with Gasteiger partial charge < -0.3 is 15.2 Å². The monoisotopic (exact) mass is 365 g/mol. The number of nitrogens with two attached hydrogens (primary N) is 1. The Morgan fingerprint density at radius 1 is 1.20 bits per heavy atom. The van der Waals surface area contributed by atoms with Gasteiger partial charge in [-0.1, -0.05) is 29.8 Å². The number of hydrogen-bond donors (Lipinski definition) is 1. The molecule has 0 aliphatic carbocycles. The normalized spacial score (nSPS) is 27.0. The molecule has 2 N–H and O–H groups in total. The van der Waals surface area contributed by atoms with Crippen LogP contribution in [0.5, 0.6) is 5.75 Å². The fourth-order valence-electron chi connectivity index (χ4n) is 3.33. The zero-order valence-corrected chi connectivity index (χ0v) is 13.7. The smallest absolute Gasteiger partial charge is 0.319 e. The summed E-state index contributed by atoms with van der Waals surface area (Å²) in [7, 11) is 0. The maximum Gasteiger partial charge on any atom is 0.319 e. The Morgan fingerprint density at radius 2 is 2.00 bits per heavy atom. The number of ether oxygens (including phenoxy) is 2. The largest absolute Gasteiger partial charge is 0.493 e. The average Bonchev–Trinajstić information content (AvgIpc) is 2.60. The van der Waals surface area contributed by atoms with Crippen molar-refractivity contribution >= 4 is 17.6 Å². The molecule has 2 atom stereocenters. The highest BCUT2D eigenvalue weighted by Gasteiger charge is 2.66. The predicted molar refractivity (Wildman–Crippen MR) is 87.9 cm³/mol. The molecule has 2 aliphatic heterocycles. The fraction of sp³-hybridized carbons (Fsp3) is 0.294. The molecule has 0 amide bonds. The Balaban J connectivity index is 1.89. The van der Waals surface area contributed by atoms with E-state index in [2.05, 4.69) is 9.98 Å². The van der Waals surface area contributed by atoms with Gasteiger partial charge in [0.1, 0.15) is 5.75 Å². The maximum absolute atomic E-state index is 15.6. The van der Waals surface area contributed by atoms with Gasteiger partial charge in [-0.3, -0.25) is 4.98 Å². The van der Waals surface area contributed by atoms with Gasteiger partial charge in [0.15, 0.2) is 5.54 Å². The molecule has 8 heteroatoms. The molecule has 3 heterocycles. The molecule has 4 rings (SSSR count). The molecule has 0 radical (unpaired) electrons. The van der Waals surface area contributed by atoms with E-state index in [1.807, 2.05) is 0 Å². The highest BCUT2D eigenvalue weighted by atomic mass is 35.5. The number of aromatic nitrogens is 1. The molecule has 1 aromatic heterocycles. The molecular formula is C17H14ClF2N3O2. The molecule has 0 fully saturated rings. The van der Waals surface area contributed by atoms with Gasteiger partial charge in [0, 0.05) is 18.2 Å². The summed E-state index contributed by atoms with van der Waals surface area (Å²) in [5.74, 6) is -3.02. The van der Waals surface area contributed by atoms with Gasteiger partial charge in [0.2, 0.25) is 6.10 Å². The number of benzene rings is 1. The van der Waals surface area contributed by atoms with Crippen LogP contribution >= 0.6 is 11.6 Å². The lowest BCUT2D eigenvalue weighted by Gasteiger charge is -2.46. The van der Waals surface area contributed by atoms with E-state index >= 15 is 8.78 Å². The van der Waals surface area contributed by atoms with Crippen LogP contribution in [0.2, 0.25) is 5.02 Å². The highest BCUT2D eigenvalue weighted by Crippen LogP contribution is 2.56. The van der Waals surface area contributed by atoms with Crippen LogP contribution in [0.25, 0.3) is 0 Å². The number of pyridine rings is 1. The number of halogens is 3. The summed E-state index contributed by atoms with van der Waals surface area (Å²) in [6, 6.07) is 9.20. The van der Waals surface area contributed by atoms with Crippen LogP contribution in [0.3, 0.4) is 0 Å². The Labute approximate surface area is 147 Å². The van der Waals surface area contributed by atoms with E-state index in [9.17, 15) is 0 Å². The zero-order valence-electron chi connectivity index (χ0n) is 13.0. The van der Waals surface area contributed by atoms with Crippen molar-refractivity contribution in [3.8, 4) is 5.75 Å². The molecule has 1 unspecified atom stereocenters. The topological polar surface area (TPSA) is 69.7 Å². The van der Waals surface area contributed by atoms with E-state index in [1.165, 1.54) is 18.3 Å². The van der Waals surface area contributed by atoms with Gasteiger partial charge in [0.25, 0.3) is 6.02 Å². The van der Waals surface area contributed by atoms with Gasteiger partial charge in [-0.15, -0.1) is 0 Å². The molecule has 130 valence electrons. The third kappa shape index (κ3) is 2.33. The minimum Gasteiger partial charge on any atom is -0.493 e. The van der Waals surface area contributed by atoms with E-state index in [0.29, 0.717) is 10.8 Å². The second-order valence-electron chi connectivity index (χ2n) is 5.93. The Hall–Kier alpha value is -2.41. The summed E-state index contributed by atoms with van der Waals surface area (Å²) >= 11 is 5.80. The molecule has 0 saturated heterocycles. The van der Waals surface area contributed by atoms with Crippen molar-refractivity contribution in [1.82, 2.24) is 4.98 Å². The average molecular weight is 366 g/mol. The lowest BCUT2D eigenvalue weighted by molar-refractivity contribution is -0.179. The fourth-order valence-corrected chi connectivity index (χ4v) is 3.44. The Bertz CT molecular complexity index is 844. The molecule has 0 bridgehead atoms. The van der Waals surface area contributed by atoms with Gasteiger partial charge in [-0.05, 0) is 18.2 Å². The second-order valence-corrected chi connectivity index (χ2v) is 6.36. The Kier molecular flexibility index (Phi) is 3.57. The summed E-state index contributed by atoms with van der Waals surface area (Å²) in [4.78, 5) is 8.04. The van der Waals surface area contributed by atoms with Gasteiger partial charge in [0.05, 0.1) is 17.3 Å². The third-order valence-electron chi connectivity index (χ3n) is 4.49. The molecule has 2 aromatic rings. The van der Waals surface area contributed by atoms with Crippen molar-refractivity contribution in [2.45, 2.75) is 24.0 Å². The number of hydrogen-bond acceptors (Lipinski definition) is 5. The van der Waals surface area contributed by atoms with Gasteiger partial charge >= 0.3 is 5.92 Å². The second kappa shape index (κ2) is 5.56. The summed E-state index contributed by atoms with van der Waals surface area (Å²) in [5, 5.41) is 0.343. The molecule has 1 aromatic carbocycles. The number of alkyl halides is 2. The first-order chi connectivity index (χ1) is 11.9. The summed E-state index contributed by atoms with van der Waals surface area (Å²) < 4.78 is 42.0. The van der Waals surface area contributed by atoms with Crippen LogP contribution in [0, 0.1) is 0 Å². The zero-order chi connectivity index (χ0) is 17.7. The quantitative estimate of drug-likeness (QED) is 0.840. The number of amidine groups is 1. The van der Waals surface area contributed by atoms with Crippen LogP contribution in [0.4, 0.5) is 8.78 Å². The number of aliphatic imine (C=N–C) groups is 1. The van der Waals surface area contributed by atoms with Crippen molar-refractivity contribution in [1.29, 1.82) is 0 Å². The van der Waals surface area contributed by atoms with Crippen molar-refractivity contribution in [3.05, 3.63) is 58.9 Å². The van der Waals surface area contributed by atoms with E-state index in [4.69, 9.17) is 26.8 Å². The minimum absolute atomic E-state index is 0.0227. The first-order valence-corrected chi connectivity index (χ1v) is 8.05. The SMILES string of the molecule is NC1=N[C@@]2(CCOc3ccccc32)C(F)(F)C(c2ccc(Cl)cn2)O1.